The van der Waals surface area contributed by atoms with Gasteiger partial charge in [0.1, 0.15) is 5.75 Å². The number of benzene rings is 2. The number of carboxylic acids is 1. The first kappa shape index (κ1) is 13.4. The van der Waals surface area contributed by atoms with Gasteiger partial charge in [0, 0.05) is 10.0 Å². The number of hydrogen-bond acceptors (Lipinski definition) is 2. The Kier molecular flexibility index (Phi) is 3.21. The van der Waals surface area contributed by atoms with Crippen LogP contribution in [-0.2, 0) is 10.2 Å². The summed E-state index contributed by atoms with van der Waals surface area (Å²) in [5, 5.41) is 11.7. The summed E-state index contributed by atoms with van der Waals surface area (Å²) in [6, 6.07) is 9.87. The molecule has 3 nitrogen and oxygen atoms in total. The second-order valence-corrected chi connectivity index (χ2v) is 6.20. The van der Waals surface area contributed by atoms with E-state index in [2.05, 4.69) is 15.9 Å². The molecule has 0 radical (unpaired) electrons. The summed E-state index contributed by atoms with van der Waals surface area (Å²) in [5.74, 6) is -0.0849. The predicted molar refractivity (Wildman–Crippen MR) is 81.4 cm³/mol. The smallest absolute Gasteiger partial charge is 0.314 e. The van der Waals surface area contributed by atoms with E-state index in [-0.39, 0.29) is 0 Å². The second kappa shape index (κ2) is 4.77. The molecule has 3 rings (SSSR count). The molecule has 0 saturated heterocycles. The van der Waals surface area contributed by atoms with Crippen LogP contribution >= 0.6 is 15.9 Å². The van der Waals surface area contributed by atoms with E-state index < -0.39 is 11.4 Å². The Balaban J connectivity index is 2.25. The van der Waals surface area contributed by atoms with Crippen molar-refractivity contribution >= 4 is 32.7 Å². The van der Waals surface area contributed by atoms with Crippen LogP contribution in [0.3, 0.4) is 0 Å². The molecule has 4 heteroatoms. The number of hydrogen-bond donors (Lipinski definition) is 1. The fraction of sp³-hybridized carbons (Fsp3) is 0.312. The van der Waals surface area contributed by atoms with Crippen molar-refractivity contribution in [3.8, 4) is 5.75 Å². The van der Waals surface area contributed by atoms with E-state index in [9.17, 15) is 9.90 Å². The molecule has 0 unspecified atom stereocenters. The first-order valence-corrected chi connectivity index (χ1v) is 7.37. The van der Waals surface area contributed by atoms with E-state index in [1.807, 2.05) is 30.3 Å². The fourth-order valence-corrected chi connectivity index (χ4v) is 3.30. The minimum absolute atomic E-state index is 0.668. The lowest BCUT2D eigenvalue weighted by atomic mass is 9.64. The van der Waals surface area contributed by atoms with Crippen molar-refractivity contribution in [2.45, 2.75) is 24.7 Å². The molecule has 1 saturated carbocycles. The van der Waals surface area contributed by atoms with E-state index in [0.717, 1.165) is 27.2 Å². The minimum Gasteiger partial charge on any atom is -0.496 e. The minimum atomic E-state index is -0.776. The molecule has 104 valence electrons. The molecule has 0 atom stereocenters. The second-order valence-electron chi connectivity index (χ2n) is 5.28. The van der Waals surface area contributed by atoms with Crippen LogP contribution in [0.25, 0.3) is 10.8 Å². The largest absolute Gasteiger partial charge is 0.496 e. The summed E-state index contributed by atoms with van der Waals surface area (Å²) in [7, 11) is 1.59. The Morgan fingerprint density at radius 2 is 2.00 bits per heavy atom. The molecule has 1 aliphatic carbocycles. The van der Waals surface area contributed by atoms with Gasteiger partial charge in [-0.15, -0.1) is 0 Å². The number of methoxy groups -OCH3 is 1. The number of carbonyl (C=O) groups is 1. The summed E-state index contributed by atoms with van der Waals surface area (Å²) in [6.45, 7) is 0. The predicted octanol–water partition coefficient (Wildman–Crippen LogP) is 4.12. The van der Waals surface area contributed by atoms with Gasteiger partial charge in [0.2, 0.25) is 0 Å². The van der Waals surface area contributed by atoms with Crippen LogP contribution in [0.15, 0.2) is 34.8 Å². The lowest BCUT2D eigenvalue weighted by molar-refractivity contribution is -0.147. The summed E-state index contributed by atoms with van der Waals surface area (Å²) < 4.78 is 6.43. The van der Waals surface area contributed by atoms with Crippen LogP contribution in [0, 0.1) is 0 Å². The van der Waals surface area contributed by atoms with E-state index >= 15 is 0 Å². The molecular formula is C16H15BrO3. The maximum Gasteiger partial charge on any atom is 0.314 e. The average molecular weight is 335 g/mol. The lowest BCUT2D eigenvalue weighted by Gasteiger charge is -2.39. The third-order valence-corrected chi connectivity index (χ3v) is 4.75. The van der Waals surface area contributed by atoms with Crippen molar-refractivity contribution in [3.63, 3.8) is 0 Å². The third-order valence-electron chi connectivity index (χ3n) is 4.25. The Hall–Kier alpha value is -1.55. The Bertz CT molecular complexity index is 689. The van der Waals surface area contributed by atoms with Crippen molar-refractivity contribution in [2.24, 2.45) is 0 Å². The molecule has 0 bridgehead atoms. The highest BCUT2D eigenvalue weighted by Crippen LogP contribution is 2.48. The Morgan fingerprint density at radius 3 is 2.55 bits per heavy atom. The van der Waals surface area contributed by atoms with Crippen molar-refractivity contribution in [1.82, 2.24) is 0 Å². The quantitative estimate of drug-likeness (QED) is 0.918. The van der Waals surface area contributed by atoms with Crippen LogP contribution in [-0.4, -0.2) is 18.2 Å². The zero-order chi connectivity index (χ0) is 14.3. The number of ether oxygens (including phenoxy) is 1. The molecule has 0 amide bonds. The normalized spacial score (nSPS) is 16.7. The van der Waals surface area contributed by atoms with Crippen molar-refractivity contribution in [1.29, 1.82) is 0 Å². The molecule has 0 aromatic heterocycles. The molecule has 20 heavy (non-hydrogen) atoms. The topological polar surface area (TPSA) is 46.5 Å². The molecule has 1 aliphatic rings. The highest BCUT2D eigenvalue weighted by atomic mass is 79.9. The van der Waals surface area contributed by atoms with Gasteiger partial charge in [-0.25, -0.2) is 0 Å². The number of fused-ring (bicyclic) bond motifs is 1. The van der Waals surface area contributed by atoms with E-state index in [4.69, 9.17) is 4.74 Å². The maximum absolute atomic E-state index is 11.7. The van der Waals surface area contributed by atoms with Gasteiger partial charge >= 0.3 is 5.97 Å². The zero-order valence-electron chi connectivity index (χ0n) is 11.1. The van der Waals surface area contributed by atoms with Gasteiger partial charge in [0.15, 0.2) is 0 Å². The summed E-state index contributed by atoms with van der Waals surface area (Å²) in [5.41, 5.74) is 0.0198. The first-order valence-electron chi connectivity index (χ1n) is 6.58. The average Bonchev–Trinajstić information content (AvgIpc) is 2.36. The van der Waals surface area contributed by atoms with Gasteiger partial charge in [-0.05, 0) is 47.9 Å². The molecule has 2 aromatic rings. The van der Waals surface area contributed by atoms with Gasteiger partial charge in [0.05, 0.1) is 12.5 Å². The Morgan fingerprint density at radius 1 is 1.25 bits per heavy atom. The number of carboxylic acid groups (broad SMARTS) is 1. The van der Waals surface area contributed by atoms with E-state index in [1.165, 1.54) is 0 Å². The van der Waals surface area contributed by atoms with Gasteiger partial charge in [-0.3, -0.25) is 4.79 Å². The highest BCUT2D eigenvalue weighted by Gasteiger charge is 2.47. The summed E-state index contributed by atoms with van der Waals surface area (Å²) >= 11 is 3.46. The number of rotatable bonds is 3. The third kappa shape index (κ3) is 1.90. The molecule has 1 N–H and O–H groups in total. The summed E-state index contributed by atoms with van der Waals surface area (Å²) in [4.78, 5) is 11.7. The molecule has 2 aromatic carbocycles. The molecule has 0 spiro atoms. The zero-order valence-corrected chi connectivity index (χ0v) is 12.7. The van der Waals surface area contributed by atoms with Crippen LogP contribution in [0.2, 0.25) is 0 Å². The lowest BCUT2D eigenvalue weighted by Crippen LogP contribution is -2.42. The van der Waals surface area contributed by atoms with Crippen LogP contribution in [0.5, 0.6) is 5.75 Å². The maximum atomic E-state index is 11.7. The first-order chi connectivity index (χ1) is 9.56. The summed E-state index contributed by atoms with van der Waals surface area (Å²) in [6.07, 6.45) is 2.31. The van der Waals surface area contributed by atoms with Crippen molar-refractivity contribution in [3.05, 3.63) is 40.4 Å². The van der Waals surface area contributed by atoms with Crippen LogP contribution in [0.4, 0.5) is 0 Å². The van der Waals surface area contributed by atoms with E-state index in [0.29, 0.717) is 18.6 Å². The fourth-order valence-electron chi connectivity index (χ4n) is 2.92. The van der Waals surface area contributed by atoms with Crippen molar-refractivity contribution in [2.75, 3.05) is 7.11 Å². The standard InChI is InChI=1S/C16H15BrO3/c1-20-14-9-10-3-4-12(17)7-11(10)8-13(14)16(15(18)19)5-2-6-16/h3-4,7-9H,2,5-6H2,1H3,(H,18,19). The van der Waals surface area contributed by atoms with Crippen LogP contribution < -0.4 is 4.74 Å². The number of halogens is 1. The molecular weight excluding hydrogens is 320 g/mol. The highest BCUT2D eigenvalue weighted by molar-refractivity contribution is 9.10. The van der Waals surface area contributed by atoms with Gasteiger partial charge < -0.3 is 9.84 Å². The van der Waals surface area contributed by atoms with Crippen molar-refractivity contribution < 1.29 is 14.6 Å². The molecule has 0 heterocycles. The monoisotopic (exact) mass is 334 g/mol. The Labute approximate surface area is 125 Å². The van der Waals surface area contributed by atoms with Gasteiger partial charge in [-0.1, -0.05) is 28.4 Å². The van der Waals surface area contributed by atoms with Gasteiger partial charge in [-0.2, -0.15) is 0 Å². The number of aliphatic carboxylic acids is 1. The van der Waals surface area contributed by atoms with Gasteiger partial charge in [0.25, 0.3) is 0 Å². The van der Waals surface area contributed by atoms with Crippen LogP contribution in [0.1, 0.15) is 24.8 Å². The van der Waals surface area contributed by atoms with E-state index in [1.54, 1.807) is 7.11 Å². The molecule has 1 fully saturated rings. The molecule has 0 aliphatic heterocycles. The SMILES string of the molecule is COc1cc2ccc(Br)cc2cc1C1(C(=O)O)CCC1.